The molecule has 0 spiro atoms. The van der Waals surface area contributed by atoms with Crippen molar-refractivity contribution in [2.45, 2.75) is 96.4 Å². The summed E-state index contributed by atoms with van der Waals surface area (Å²) in [6.07, 6.45) is 3.13. The second-order valence-electron chi connectivity index (χ2n) is 11.0. The third-order valence-corrected chi connectivity index (χ3v) is 8.64. The van der Waals surface area contributed by atoms with E-state index in [2.05, 4.69) is 20.6 Å². The topological polar surface area (TPSA) is 107 Å². The average Bonchev–Trinajstić information content (AvgIpc) is 3.43. The lowest BCUT2D eigenvalue weighted by Crippen LogP contribution is -2.47. The number of halogens is 2. The fourth-order valence-corrected chi connectivity index (χ4v) is 5.59. The lowest BCUT2D eigenvalue weighted by atomic mass is 9.78. The summed E-state index contributed by atoms with van der Waals surface area (Å²) in [5.41, 5.74) is -1.58. The fourth-order valence-electron chi connectivity index (χ4n) is 4.60. The molecule has 2 aromatic heterocycles. The summed E-state index contributed by atoms with van der Waals surface area (Å²) in [4.78, 5) is 37.1. The van der Waals surface area contributed by atoms with Gasteiger partial charge in [0.15, 0.2) is 5.01 Å². The van der Waals surface area contributed by atoms with E-state index in [1.165, 1.54) is 12.3 Å². The van der Waals surface area contributed by atoms with E-state index >= 15 is 0 Å². The maximum Gasteiger partial charge on any atom is 0.280 e. The van der Waals surface area contributed by atoms with E-state index in [-0.39, 0.29) is 38.3 Å². The predicted octanol–water partition coefficient (Wildman–Crippen LogP) is 5.01. The summed E-state index contributed by atoms with van der Waals surface area (Å²) in [5.74, 6) is -0.629. The number of aromatic nitrogens is 2. The SMILES string of the molecule is C[C@H]1CCCN1C(=O)c1nc(C(=O)N[C@H](C)C(C)(C)O)sc1-c1cnc(NC2(C)CCC2)cc1C(F)F. The van der Waals surface area contributed by atoms with E-state index in [1.807, 2.05) is 13.8 Å². The second-order valence-corrected chi connectivity index (χ2v) is 12.0. The first kappa shape index (κ1) is 27.4. The van der Waals surface area contributed by atoms with Gasteiger partial charge in [0.2, 0.25) is 0 Å². The van der Waals surface area contributed by atoms with Crippen LogP contribution in [0.15, 0.2) is 12.3 Å². The second kappa shape index (κ2) is 10.2. The number of hydrogen-bond acceptors (Lipinski definition) is 7. The molecule has 37 heavy (non-hydrogen) atoms. The Labute approximate surface area is 219 Å². The van der Waals surface area contributed by atoms with Crippen LogP contribution in [0.25, 0.3) is 10.4 Å². The molecule has 1 saturated carbocycles. The van der Waals surface area contributed by atoms with Crippen LogP contribution in [0, 0.1) is 0 Å². The Balaban J connectivity index is 1.76. The first-order valence-electron chi connectivity index (χ1n) is 12.7. The minimum Gasteiger partial charge on any atom is -0.388 e. The van der Waals surface area contributed by atoms with E-state index in [0.29, 0.717) is 12.4 Å². The van der Waals surface area contributed by atoms with E-state index in [4.69, 9.17) is 0 Å². The molecule has 2 atom stereocenters. The zero-order valence-electron chi connectivity index (χ0n) is 21.9. The molecule has 1 saturated heterocycles. The third-order valence-electron chi connectivity index (χ3n) is 7.55. The molecule has 3 N–H and O–H groups in total. The number of nitrogens with one attached hydrogen (secondary N) is 2. The summed E-state index contributed by atoms with van der Waals surface area (Å²) < 4.78 is 28.6. The number of hydrogen-bond donors (Lipinski definition) is 3. The smallest absolute Gasteiger partial charge is 0.280 e. The molecular weight excluding hydrogens is 500 g/mol. The molecule has 0 radical (unpaired) electrons. The van der Waals surface area contributed by atoms with Crippen LogP contribution in [0.4, 0.5) is 14.6 Å². The normalized spacial score (nSPS) is 20.0. The van der Waals surface area contributed by atoms with E-state index in [0.717, 1.165) is 43.4 Å². The molecule has 1 aliphatic carbocycles. The number of aliphatic hydroxyl groups is 1. The van der Waals surface area contributed by atoms with Gasteiger partial charge in [-0.3, -0.25) is 9.59 Å². The molecule has 2 aliphatic rings. The van der Waals surface area contributed by atoms with Gasteiger partial charge in [-0.25, -0.2) is 18.7 Å². The van der Waals surface area contributed by atoms with Gasteiger partial charge < -0.3 is 20.6 Å². The molecule has 2 amide bonds. The van der Waals surface area contributed by atoms with E-state index in [1.54, 1.807) is 25.7 Å². The molecule has 2 aromatic rings. The molecule has 3 heterocycles. The van der Waals surface area contributed by atoms with Crippen LogP contribution < -0.4 is 10.6 Å². The molecule has 2 fully saturated rings. The number of nitrogens with zero attached hydrogens (tertiary/aromatic N) is 3. The van der Waals surface area contributed by atoms with Gasteiger partial charge in [-0.2, -0.15) is 0 Å². The third kappa shape index (κ3) is 5.77. The summed E-state index contributed by atoms with van der Waals surface area (Å²) in [6.45, 7) is 9.28. The lowest BCUT2D eigenvalue weighted by Gasteiger charge is -2.39. The van der Waals surface area contributed by atoms with Crippen molar-refractivity contribution in [3.05, 3.63) is 28.5 Å². The van der Waals surface area contributed by atoms with Gasteiger partial charge >= 0.3 is 0 Å². The van der Waals surface area contributed by atoms with Gasteiger partial charge in [-0.1, -0.05) is 0 Å². The quantitative estimate of drug-likeness (QED) is 0.439. The van der Waals surface area contributed by atoms with Crippen molar-refractivity contribution < 1.29 is 23.5 Å². The molecular formula is C26H35F2N5O3S. The Morgan fingerprint density at radius 3 is 2.54 bits per heavy atom. The number of carbonyl (C=O) groups is 2. The number of likely N-dealkylation sites (tertiary alicyclic amines) is 1. The molecule has 11 heteroatoms. The van der Waals surface area contributed by atoms with Gasteiger partial charge in [0, 0.05) is 35.4 Å². The molecule has 0 aromatic carbocycles. The molecule has 8 nitrogen and oxygen atoms in total. The molecule has 0 bridgehead atoms. The first-order chi connectivity index (χ1) is 17.3. The van der Waals surface area contributed by atoms with Gasteiger partial charge in [0.05, 0.1) is 16.5 Å². The average molecular weight is 536 g/mol. The number of amides is 2. The number of anilines is 1. The Morgan fingerprint density at radius 2 is 2.00 bits per heavy atom. The zero-order valence-corrected chi connectivity index (χ0v) is 22.7. The van der Waals surface area contributed by atoms with Crippen molar-refractivity contribution in [1.29, 1.82) is 0 Å². The van der Waals surface area contributed by atoms with E-state index < -0.39 is 29.9 Å². The van der Waals surface area contributed by atoms with Gasteiger partial charge in [0.25, 0.3) is 18.2 Å². The highest BCUT2D eigenvalue weighted by Crippen LogP contribution is 2.40. The van der Waals surface area contributed by atoms with Crippen molar-refractivity contribution in [3.8, 4) is 10.4 Å². The van der Waals surface area contributed by atoms with Crippen molar-refractivity contribution in [1.82, 2.24) is 20.2 Å². The monoisotopic (exact) mass is 535 g/mol. The van der Waals surface area contributed by atoms with Crippen LogP contribution in [0.3, 0.4) is 0 Å². The standard InChI is InChI=1S/C26H35F2N5O3S/c1-14-8-6-11-33(14)24(35)19-20(37-23(31-19)22(34)30-15(2)25(3,4)36)17-13-29-18(12-16(17)21(27)28)32-26(5)9-7-10-26/h12-15,21,36H,6-11H2,1-5H3,(H,29,32)(H,30,34)/t14-,15+/m0/s1. The number of carbonyl (C=O) groups excluding carboxylic acids is 2. The van der Waals surface area contributed by atoms with Gasteiger partial charge in [-0.15, -0.1) is 11.3 Å². The van der Waals surface area contributed by atoms with Crippen LogP contribution in [0.2, 0.25) is 0 Å². The molecule has 0 unspecified atom stereocenters. The fraction of sp³-hybridized carbons (Fsp3) is 0.615. The van der Waals surface area contributed by atoms with Crippen molar-refractivity contribution >= 4 is 29.0 Å². The van der Waals surface area contributed by atoms with Crippen molar-refractivity contribution in [3.63, 3.8) is 0 Å². The maximum atomic E-state index is 14.3. The van der Waals surface area contributed by atoms with Crippen LogP contribution in [0.5, 0.6) is 0 Å². The first-order valence-corrected chi connectivity index (χ1v) is 13.5. The Hall–Kier alpha value is -2.66. The number of thiazole rings is 1. The minimum absolute atomic E-state index is 0.0166. The van der Waals surface area contributed by atoms with Crippen LogP contribution in [0.1, 0.15) is 99.0 Å². The number of rotatable bonds is 8. The maximum absolute atomic E-state index is 14.3. The Kier molecular flexibility index (Phi) is 7.58. The molecule has 1 aliphatic heterocycles. The van der Waals surface area contributed by atoms with Crippen molar-refractivity contribution in [2.24, 2.45) is 0 Å². The van der Waals surface area contributed by atoms with Crippen LogP contribution >= 0.6 is 11.3 Å². The summed E-state index contributed by atoms with van der Waals surface area (Å²) in [6, 6.07) is 0.699. The van der Waals surface area contributed by atoms with E-state index in [9.17, 15) is 23.5 Å². The van der Waals surface area contributed by atoms with Gasteiger partial charge in [0.1, 0.15) is 11.5 Å². The summed E-state index contributed by atoms with van der Waals surface area (Å²) in [7, 11) is 0. The highest BCUT2D eigenvalue weighted by atomic mass is 32.1. The summed E-state index contributed by atoms with van der Waals surface area (Å²) >= 11 is 0.882. The van der Waals surface area contributed by atoms with Crippen molar-refractivity contribution in [2.75, 3.05) is 11.9 Å². The zero-order chi connectivity index (χ0) is 27.1. The highest BCUT2D eigenvalue weighted by molar-refractivity contribution is 7.17. The Morgan fingerprint density at radius 1 is 1.30 bits per heavy atom. The largest absolute Gasteiger partial charge is 0.388 e. The molecule has 4 rings (SSSR count). The molecule has 202 valence electrons. The predicted molar refractivity (Wildman–Crippen MR) is 139 cm³/mol. The van der Waals surface area contributed by atoms with Crippen LogP contribution in [-0.2, 0) is 0 Å². The lowest BCUT2D eigenvalue weighted by molar-refractivity contribution is 0.0408. The highest BCUT2D eigenvalue weighted by Gasteiger charge is 2.35. The minimum atomic E-state index is -2.82. The number of alkyl halides is 2. The summed E-state index contributed by atoms with van der Waals surface area (Å²) in [5, 5.41) is 16.1. The number of pyridine rings is 1. The van der Waals surface area contributed by atoms with Gasteiger partial charge in [-0.05, 0) is 72.8 Å². The van der Waals surface area contributed by atoms with Crippen LogP contribution in [-0.4, -0.2) is 61.6 Å². The Bertz CT molecular complexity index is 1180.